The summed E-state index contributed by atoms with van der Waals surface area (Å²) in [7, 11) is 1.30. The number of methoxy groups -OCH3 is 1. The molecule has 28 heavy (non-hydrogen) atoms. The minimum Gasteiger partial charge on any atom is -0.465 e. The number of esters is 1. The summed E-state index contributed by atoms with van der Waals surface area (Å²) in [5.41, 5.74) is 1.45. The molecular formula is C19H16N4O4S. The van der Waals surface area contributed by atoms with Gasteiger partial charge >= 0.3 is 5.97 Å². The second-order valence-electron chi connectivity index (χ2n) is 5.58. The fourth-order valence-electron chi connectivity index (χ4n) is 2.31. The monoisotopic (exact) mass is 396 g/mol. The van der Waals surface area contributed by atoms with Gasteiger partial charge in [-0.25, -0.2) is 4.79 Å². The fraction of sp³-hybridized carbons (Fsp3) is 0.105. The van der Waals surface area contributed by atoms with Crippen molar-refractivity contribution in [2.24, 2.45) is 0 Å². The molecule has 2 aromatic carbocycles. The first-order chi connectivity index (χ1) is 13.6. The van der Waals surface area contributed by atoms with Crippen molar-refractivity contribution in [3.05, 3.63) is 70.5 Å². The summed E-state index contributed by atoms with van der Waals surface area (Å²) in [5, 5.41) is 10.9. The molecule has 9 heteroatoms. The zero-order valence-electron chi connectivity index (χ0n) is 14.8. The lowest BCUT2D eigenvalue weighted by molar-refractivity contribution is -0.113. The number of nitrogens with zero attached hydrogens (tertiary/aromatic N) is 2. The number of ether oxygens (including phenoxy) is 1. The van der Waals surface area contributed by atoms with Crippen LogP contribution in [0.5, 0.6) is 0 Å². The van der Waals surface area contributed by atoms with Crippen LogP contribution in [0.2, 0.25) is 0 Å². The number of rotatable bonds is 6. The molecule has 0 fully saturated rings. The van der Waals surface area contributed by atoms with Crippen molar-refractivity contribution < 1.29 is 14.3 Å². The molecule has 1 amide bonds. The van der Waals surface area contributed by atoms with E-state index in [9.17, 15) is 14.4 Å². The molecule has 1 heterocycles. The molecule has 0 radical (unpaired) electrons. The smallest absolute Gasteiger partial charge is 0.337 e. The van der Waals surface area contributed by atoms with Crippen LogP contribution in [0.4, 0.5) is 5.69 Å². The summed E-state index contributed by atoms with van der Waals surface area (Å²) in [5.74, 6) is -0.700. The van der Waals surface area contributed by atoms with Crippen molar-refractivity contribution in [1.82, 2.24) is 15.2 Å². The highest BCUT2D eigenvalue weighted by molar-refractivity contribution is 7.99. The second kappa shape index (κ2) is 8.96. The van der Waals surface area contributed by atoms with Gasteiger partial charge in [0.1, 0.15) is 0 Å². The molecule has 142 valence electrons. The van der Waals surface area contributed by atoms with Crippen LogP contribution in [-0.2, 0) is 9.53 Å². The Hall–Kier alpha value is -3.46. The summed E-state index contributed by atoms with van der Waals surface area (Å²) in [6.45, 7) is 0. The Morgan fingerprint density at radius 3 is 2.43 bits per heavy atom. The zero-order valence-corrected chi connectivity index (χ0v) is 15.7. The maximum Gasteiger partial charge on any atom is 0.337 e. The molecule has 3 rings (SSSR count). The molecule has 0 saturated carbocycles. The lowest BCUT2D eigenvalue weighted by atomic mass is 10.2. The first-order valence-corrected chi connectivity index (χ1v) is 9.19. The predicted octanol–water partition coefficient (Wildman–Crippen LogP) is 2.35. The number of H-pyrrole nitrogens is 1. The first kappa shape index (κ1) is 19.3. The highest BCUT2D eigenvalue weighted by Crippen LogP contribution is 2.15. The third-order valence-electron chi connectivity index (χ3n) is 3.65. The van der Waals surface area contributed by atoms with Crippen molar-refractivity contribution in [3.63, 3.8) is 0 Å². The number of hydrogen-bond donors (Lipinski definition) is 2. The van der Waals surface area contributed by atoms with Crippen LogP contribution in [0.1, 0.15) is 10.4 Å². The number of carbonyl (C=O) groups is 2. The molecule has 3 aromatic rings. The molecular weight excluding hydrogens is 380 g/mol. The lowest BCUT2D eigenvalue weighted by Gasteiger charge is -2.06. The van der Waals surface area contributed by atoms with Crippen molar-refractivity contribution in [1.29, 1.82) is 0 Å². The Morgan fingerprint density at radius 1 is 1.07 bits per heavy atom. The Balaban J connectivity index is 1.58. The second-order valence-corrected chi connectivity index (χ2v) is 6.54. The molecule has 1 aromatic heterocycles. The van der Waals surface area contributed by atoms with E-state index in [4.69, 9.17) is 0 Å². The number of carbonyl (C=O) groups excluding carboxylic acids is 2. The predicted molar refractivity (Wildman–Crippen MR) is 105 cm³/mol. The Labute approximate surface area is 164 Å². The first-order valence-electron chi connectivity index (χ1n) is 8.20. The molecule has 0 saturated heterocycles. The zero-order chi connectivity index (χ0) is 19.9. The van der Waals surface area contributed by atoms with Crippen LogP contribution in [0, 0.1) is 0 Å². The number of anilines is 1. The normalized spacial score (nSPS) is 10.3. The van der Waals surface area contributed by atoms with Gasteiger partial charge in [0, 0.05) is 11.3 Å². The van der Waals surface area contributed by atoms with E-state index in [-0.39, 0.29) is 28.1 Å². The summed E-state index contributed by atoms with van der Waals surface area (Å²) in [4.78, 5) is 38.3. The lowest BCUT2D eigenvalue weighted by Crippen LogP contribution is -2.17. The van der Waals surface area contributed by atoms with Gasteiger partial charge in [-0.3, -0.25) is 14.6 Å². The minimum absolute atomic E-state index is 0.0358. The standard InChI is InChI=1S/C19H16N4O4S/c1-27-18(26)13-7-9-14(10-8-13)20-15(24)11-28-19-21-17(25)16(22-23-19)12-5-3-2-4-6-12/h2-10H,11H2,1H3,(H,20,24)(H,21,23,25). The van der Waals surface area contributed by atoms with Gasteiger partial charge in [0.15, 0.2) is 10.9 Å². The number of hydrogen-bond acceptors (Lipinski definition) is 7. The van der Waals surface area contributed by atoms with Crippen LogP contribution in [0.25, 0.3) is 11.3 Å². The van der Waals surface area contributed by atoms with Gasteiger partial charge in [0.05, 0.1) is 18.4 Å². The van der Waals surface area contributed by atoms with Gasteiger partial charge in [0.2, 0.25) is 5.91 Å². The molecule has 2 N–H and O–H groups in total. The Bertz CT molecular complexity index is 1040. The van der Waals surface area contributed by atoms with E-state index in [0.29, 0.717) is 16.8 Å². The number of aromatic amines is 1. The van der Waals surface area contributed by atoms with E-state index in [0.717, 1.165) is 11.8 Å². The van der Waals surface area contributed by atoms with Crippen LogP contribution < -0.4 is 10.9 Å². The van der Waals surface area contributed by atoms with E-state index < -0.39 is 5.97 Å². The summed E-state index contributed by atoms with van der Waals surface area (Å²) >= 11 is 1.06. The van der Waals surface area contributed by atoms with E-state index in [1.54, 1.807) is 48.5 Å². The number of thioether (sulfide) groups is 1. The summed E-state index contributed by atoms with van der Waals surface area (Å²) in [6.07, 6.45) is 0. The van der Waals surface area contributed by atoms with Crippen LogP contribution in [-0.4, -0.2) is 39.9 Å². The number of amides is 1. The fourth-order valence-corrected chi connectivity index (χ4v) is 2.91. The number of aromatic nitrogens is 3. The average Bonchev–Trinajstić information content (AvgIpc) is 2.73. The van der Waals surface area contributed by atoms with Gasteiger partial charge in [-0.2, -0.15) is 0 Å². The quantitative estimate of drug-likeness (QED) is 0.485. The van der Waals surface area contributed by atoms with Crippen LogP contribution in [0.15, 0.2) is 64.5 Å². The molecule has 0 spiro atoms. The SMILES string of the molecule is COC(=O)c1ccc(NC(=O)CSc2nnc(-c3ccccc3)c(=O)[nH]2)cc1. The van der Waals surface area contributed by atoms with Crippen molar-refractivity contribution >= 4 is 29.3 Å². The highest BCUT2D eigenvalue weighted by Gasteiger charge is 2.10. The van der Waals surface area contributed by atoms with E-state index >= 15 is 0 Å². The molecule has 0 unspecified atom stereocenters. The maximum absolute atomic E-state index is 12.2. The third-order valence-corrected chi connectivity index (χ3v) is 4.52. The largest absolute Gasteiger partial charge is 0.465 e. The van der Waals surface area contributed by atoms with E-state index in [1.165, 1.54) is 7.11 Å². The van der Waals surface area contributed by atoms with Crippen molar-refractivity contribution in [3.8, 4) is 11.3 Å². The Kier molecular flexibility index (Phi) is 6.18. The number of benzene rings is 2. The molecule has 0 atom stereocenters. The summed E-state index contributed by atoms with van der Waals surface area (Å²) < 4.78 is 4.62. The molecule has 0 aliphatic heterocycles. The van der Waals surface area contributed by atoms with E-state index in [1.807, 2.05) is 6.07 Å². The molecule has 0 aliphatic carbocycles. The molecule has 8 nitrogen and oxygen atoms in total. The number of nitrogens with one attached hydrogen (secondary N) is 2. The van der Waals surface area contributed by atoms with Crippen molar-refractivity contribution in [2.45, 2.75) is 5.16 Å². The Morgan fingerprint density at radius 2 is 1.79 bits per heavy atom. The maximum atomic E-state index is 12.2. The molecule has 0 bridgehead atoms. The highest BCUT2D eigenvalue weighted by atomic mass is 32.2. The average molecular weight is 396 g/mol. The van der Waals surface area contributed by atoms with Gasteiger partial charge in [-0.05, 0) is 24.3 Å². The third kappa shape index (κ3) is 4.83. The van der Waals surface area contributed by atoms with Crippen LogP contribution >= 0.6 is 11.8 Å². The van der Waals surface area contributed by atoms with E-state index in [2.05, 4.69) is 25.2 Å². The van der Waals surface area contributed by atoms with Crippen molar-refractivity contribution in [2.75, 3.05) is 18.2 Å². The topological polar surface area (TPSA) is 114 Å². The van der Waals surface area contributed by atoms with Crippen LogP contribution in [0.3, 0.4) is 0 Å². The minimum atomic E-state index is -0.449. The van der Waals surface area contributed by atoms with Gasteiger partial charge in [-0.15, -0.1) is 10.2 Å². The summed E-state index contributed by atoms with van der Waals surface area (Å²) in [6, 6.07) is 15.3. The van der Waals surface area contributed by atoms with Gasteiger partial charge in [0.25, 0.3) is 5.56 Å². The van der Waals surface area contributed by atoms with Gasteiger partial charge in [-0.1, -0.05) is 42.1 Å². The molecule has 0 aliphatic rings. The van der Waals surface area contributed by atoms with Gasteiger partial charge < -0.3 is 10.1 Å².